The Morgan fingerprint density at radius 2 is 1.67 bits per heavy atom. The van der Waals surface area contributed by atoms with Gasteiger partial charge in [0.2, 0.25) is 11.9 Å². The summed E-state index contributed by atoms with van der Waals surface area (Å²) in [6, 6.07) is 9.23. The monoisotopic (exact) mass is 246 g/mol. The molecule has 96 valence electrons. The Balaban J connectivity index is 2.76. The zero-order valence-electron chi connectivity index (χ0n) is 10.4. The maximum Gasteiger partial charge on any atom is 0.224 e. The average molecular weight is 246 g/mol. The number of hydrogen-bond acceptors (Lipinski definition) is 1. The molecule has 0 radical (unpaired) electrons. The lowest BCUT2D eigenvalue weighted by molar-refractivity contribution is 0.984. The van der Waals surface area contributed by atoms with Gasteiger partial charge < -0.3 is 17.2 Å². The molecule has 0 aliphatic rings. The van der Waals surface area contributed by atoms with Crippen LogP contribution >= 0.6 is 0 Å². The Morgan fingerprint density at radius 1 is 1.00 bits per heavy atom. The first-order valence-electron chi connectivity index (χ1n) is 5.68. The zero-order chi connectivity index (χ0) is 13.4. The first-order valence-corrected chi connectivity index (χ1v) is 5.68. The second-order valence-electron chi connectivity index (χ2n) is 3.63. The summed E-state index contributed by atoms with van der Waals surface area (Å²) in [5.41, 5.74) is 17.5. The Morgan fingerprint density at radius 3 is 2.28 bits per heavy atom. The van der Waals surface area contributed by atoms with E-state index >= 15 is 0 Å². The van der Waals surface area contributed by atoms with E-state index < -0.39 is 0 Å². The molecule has 1 aromatic rings. The van der Waals surface area contributed by atoms with Gasteiger partial charge in [-0.2, -0.15) is 4.99 Å². The zero-order valence-corrected chi connectivity index (χ0v) is 10.4. The van der Waals surface area contributed by atoms with Crippen LogP contribution in [0.1, 0.15) is 19.8 Å². The molecule has 0 amide bonds. The van der Waals surface area contributed by atoms with Gasteiger partial charge in [0, 0.05) is 6.42 Å². The SMILES string of the molecule is CCCC(N)=NC(N)=NC(N)=Nc1ccccc1. The maximum atomic E-state index is 5.63. The maximum absolute atomic E-state index is 5.63. The summed E-state index contributed by atoms with van der Waals surface area (Å²) in [6.07, 6.45) is 1.57. The molecule has 6 heteroatoms. The van der Waals surface area contributed by atoms with Crippen LogP contribution in [0.5, 0.6) is 0 Å². The lowest BCUT2D eigenvalue weighted by Gasteiger charge is -1.98. The van der Waals surface area contributed by atoms with E-state index in [1.807, 2.05) is 37.3 Å². The summed E-state index contributed by atoms with van der Waals surface area (Å²) in [6.45, 7) is 2.00. The van der Waals surface area contributed by atoms with Crippen molar-refractivity contribution in [1.82, 2.24) is 0 Å². The van der Waals surface area contributed by atoms with E-state index in [4.69, 9.17) is 17.2 Å². The fraction of sp³-hybridized carbons (Fsp3) is 0.250. The number of rotatable bonds is 3. The predicted molar refractivity (Wildman–Crippen MR) is 75.9 cm³/mol. The van der Waals surface area contributed by atoms with Crippen LogP contribution in [-0.4, -0.2) is 17.8 Å². The van der Waals surface area contributed by atoms with E-state index in [1.165, 1.54) is 0 Å². The minimum absolute atomic E-state index is 0.0122. The molecular formula is C12H18N6. The minimum atomic E-state index is 0.0122. The minimum Gasteiger partial charge on any atom is -0.387 e. The third-order valence-corrected chi connectivity index (χ3v) is 1.99. The van der Waals surface area contributed by atoms with Gasteiger partial charge in [0.25, 0.3) is 0 Å². The molecule has 1 aromatic carbocycles. The van der Waals surface area contributed by atoms with Gasteiger partial charge in [-0.25, -0.2) is 9.98 Å². The Hall–Kier alpha value is -2.37. The first kappa shape index (κ1) is 13.7. The number of amidine groups is 1. The van der Waals surface area contributed by atoms with E-state index in [9.17, 15) is 0 Å². The Kier molecular flexibility index (Phi) is 5.37. The summed E-state index contributed by atoms with van der Waals surface area (Å²) in [7, 11) is 0. The van der Waals surface area contributed by atoms with E-state index in [2.05, 4.69) is 15.0 Å². The summed E-state index contributed by atoms with van der Waals surface area (Å²) < 4.78 is 0. The number of guanidine groups is 2. The van der Waals surface area contributed by atoms with E-state index in [0.717, 1.165) is 6.42 Å². The normalized spacial score (nSPS) is 13.7. The topological polar surface area (TPSA) is 115 Å². The van der Waals surface area contributed by atoms with Crippen molar-refractivity contribution in [2.24, 2.45) is 32.2 Å². The number of aliphatic imine (C=N–C) groups is 3. The average Bonchev–Trinajstić information content (AvgIpc) is 2.29. The smallest absolute Gasteiger partial charge is 0.224 e. The molecule has 0 bridgehead atoms. The third-order valence-electron chi connectivity index (χ3n) is 1.99. The Labute approximate surface area is 106 Å². The van der Waals surface area contributed by atoms with Crippen molar-refractivity contribution >= 4 is 23.4 Å². The van der Waals surface area contributed by atoms with Gasteiger partial charge in [-0.15, -0.1) is 0 Å². The molecular weight excluding hydrogens is 228 g/mol. The van der Waals surface area contributed by atoms with Gasteiger partial charge in [0.15, 0.2) is 0 Å². The van der Waals surface area contributed by atoms with Crippen LogP contribution in [0.15, 0.2) is 45.3 Å². The van der Waals surface area contributed by atoms with Crippen LogP contribution in [0.3, 0.4) is 0 Å². The van der Waals surface area contributed by atoms with Crippen LogP contribution < -0.4 is 17.2 Å². The largest absolute Gasteiger partial charge is 0.387 e. The van der Waals surface area contributed by atoms with Gasteiger partial charge in [-0.1, -0.05) is 25.1 Å². The number of para-hydroxylation sites is 1. The molecule has 18 heavy (non-hydrogen) atoms. The highest BCUT2D eigenvalue weighted by molar-refractivity contribution is 6.00. The second kappa shape index (κ2) is 7.05. The van der Waals surface area contributed by atoms with Gasteiger partial charge in [0.1, 0.15) is 5.84 Å². The molecule has 6 nitrogen and oxygen atoms in total. The molecule has 0 spiro atoms. The van der Waals surface area contributed by atoms with Crippen molar-refractivity contribution < 1.29 is 0 Å². The van der Waals surface area contributed by atoms with Crippen molar-refractivity contribution in [3.63, 3.8) is 0 Å². The Bertz CT molecular complexity index is 461. The van der Waals surface area contributed by atoms with Crippen molar-refractivity contribution in [2.75, 3.05) is 0 Å². The summed E-state index contributed by atoms with van der Waals surface area (Å²) >= 11 is 0. The molecule has 0 saturated heterocycles. The van der Waals surface area contributed by atoms with Crippen LogP contribution in [0.25, 0.3) is 0 Å². The van der Waals surface area contributed by atoms with Crippen LogP contribution in [0, 0.1) is 0 Å². The lowest BCUT2D eigenvalue weighted by atomic mass is 10.3. The molecule has 0 aliphatic heterocycles. The molecule has 6 N–H and O–H groups in total. The molecule has 0 heterocycles. The number of nitrogens with zero attached hydrogens (tertiary/aromatic N) is 3. The van der Waals surface area contributed by atoms with Crippen molar-refractivity contribution in [3.8, 4) is 0 Å². The van der Waals surface area contributed by atoms with Crippen LogP contribution in [0.2, 0.25) is 0 Å². The van der Waals surface area contributed by atoms with Crippen molar-refractivity contribution in [1.29, 1.82) is 0 Å². The van der Waals surface area contributed by atoms with Gasteiger partial charge in [0.05, 0.1) is 5.69 Å². The van der Waals surface area contributed by atoms with Crippen LogP contribution in [-0.2, 0) is 0 Å². The molecule has 0 unspecified atom stereocenters. The van der Waals surface area contributed by atoms with E-state index in [-0.39, 0.29) is 11.9 Å². The van der Waals surface area contributed by atoms with Gasteiger partial charge >= 0.3 is 0 Å². The van der Waals surface area contributed by atoms with Crippen LogP contribution in [0.4, 0.5) is 5.69 Å². The highest BCUT2D eigenvalue weighted by Gasteiger charge is 1.95. The molecule has 0 atom stereocenters. The molecule has 0 fully saturated rings. The fourth-order valence-electron chi connectivity index (χ4n) is 1.26. The third kappa shape index (κ3) is 5.11. The highest BCUT2D eigenvalue weighted by atomic mass is 15.1. The number of nitrogens with two attached hydrogens (primary N) is 3. The first-order chi connectivity index (χ1) is 8.61. The number of hydrogen-bond donors (Lipinski definition) is 3. The lowest BCUT2D eigenvalue weighted by Crippen LogP contribution is -2.21. The highest BCUT2D eigenvalue weighted by Crippen LogP contribution is 2.09. The van der Waals surface area contributed by atoms with E-state index in [1.54, 1.807) is 0 Å². The fourth-order valence-corrected chi connectivity index (χ4v) is 1.26. The molecule has 0 aliphatic carbocycles. The second-order valence-corrected chi connectivity index (χ2v) is 3.63. The summed E-state index contributed by atoms with van der Waals surface area (Å²) in [5.74, 6) is 0.496. The predicted octanol–water partition coefficient (Wildman–Crippen LogP) is 1.10. The van der Waals surface area contributed by atoms with Crippen molar-refractivity contribution in [3.05, 3.63) is 30.3 Å². The van der Waals surface area contributed by atoms with Gasteiger partial charge in [-0.05, 0) is 18.6 Å². The molecule has 0 aromatic heterocycles. The quantitative estimate of drug-likeness (QED) is 0.548. The molecule has 0 saturated carbocycles. The molecule has 1 rings (SSSR count). The van der Waals surface area contributed by atoms with Crippen molar-refractivity contribution in [2.45, 2.75) is 19.8 Å². The number of benzene rings is 1. The van der Waals surface area contributed by atoms with E-state index in [0.29, 0.717) is 17.9 Å². The standard InChI is InChI=1S/C12H18N6/c1-2-6-10(13)17-12(15)18-11(14)16-9-7-4-3-5-8-9/h3-5,7-8H,2,6H2,1H3,(H6,13,14,15,16,17,18). The van der Waals surface area contributed by atoms with Gasteiger partial charge in [-0.3, -0.25) is 0 Å². The summed E-state index contributed by atoms with van der Waals surface area (Å²) in [5, 5.41) is 0. The summed E-state index contributed by atoms with van der Waals surface area (Å²) in [4.78, 5) is 11.8.